The Morgan fingerprint density at radius 3 is 2.38 bits per heavy atom. The summed E-state index contributed by atoms with van der Waals surface area (Å²) >= 11 is 0. The molecule has 53 heavy (non-hydrogen) atoms. The van der Waals surface area contributed by atoms with E-state index < -0.39 is 18.0 Å². The maximum atomic E-state index is 14.1. The van der Waals surface area contributed by atoms with E-state index in [2.05, 4.69) is 20.1 Å². The van der Waals surface area contributed by atoms with Crippen molar-refractivity contribution in [2.24, 2.45) is 17.6 Å². The molecule has 0 saturated carbocycles. The lowest BCUT2D eigenvalue weighted by Crippen LogP contribution is -2.50. The Labute approximate surface area is 314 Å². The molecule has 12 heteroatoms. The first-order valence-corrected chi connectivity index (χ1v) is 20.5. The highest BCUT2D eigenvalue weighted by atomic mass is 16.8. The number of ketones is 1. The van der Waals surface area contributed by atoms with Gasteiger partial charge in [0.15, 0.2) is 5.79 Å². The van der Waals surface area contributed by atoms with Gasteiger partial charge in [-0.05, 0) is 68.4 Å². The van der Waals surface area contributed by atoms with Crippen molar-refractivity contribution < 1.29 is 52.5 Å². The number of hydrogen-bond donors (Lipinski definition) is 2. The zero-order valence-electron chi connectivity index (χ0n) is 31.9. The van der Waals surface area contributed by atoms with Crippen molar-refractivity contribution in [3.05, 3.63) is 24.3 Å². The normalized spacial score (nSPS) is 49.6. The van der Waals surface area contributed by atoms with E-state index >= 15 is 0 Å². The van der Waals surface area contributed by atoms with E-state index in [-0.39, 0.29) is 110 Å². The fourth-order valence-corrected chi connectivity index (χ4v) is 11.1. The van der Waals surface area contributed by atoms with Crippen LogP contribution in [0.3, 0.4) is 0 Å². The zero-order chi connectivity index (χ0) is 37.0. The molecule has 9 heterocycles. The predicted octanol–water partition coefficient (Wildman–Crippen LogP) is 4.08. The molecule has 0 amide bonds. The van der Waals surface area contributed by atoms with E-state index in [0.29, 0.717) is 32.1 Å². The van der Waals surface area contributed by atoms with Crippen LogP contribution in [0.5, 0.6) is 0 Å². The first-order valence-electron chi connectivity index (χ1n) is 20.5. The number of methoxy groups -OCH3 is 2. The summed E-state index contributed by atoms with van der Waals surface area (Å²) in [5.41, 5.74) is 8.01. The molecule has 9 aliphatic rings. The Balaban J connectivity index is 1.07. The summed E-state index contributed by atoms with van der Waals surface area (Å²) in [5.74, 6) is -0.641. The number of carbonyl (C=O) groups is 1. The number of aliphatic hydroxyl groups excluding tert-OH is 1. The molecular formula is C41H63NO11. The van der Waals surface area contributed by atoms with Crippen LogP contribution < -0.4 is 5.73 Å². The number of nitrogens with two attached hydrogens (primary N) is 1. The molecule has 298 valence electrons. The minimum Gasteiger partial charge on any atom is -0.392 e. The molecular weight excluding hydrogens is 682 g/mol. The van der Waals surface area contributed by atoms with E-state index in [0.717, 1.165) is 62.5 Å². The van der Waals surface area contributed by atoms with Gasteiger partial charge in [-0.25, -0.2) is 0 Å². The minimum absolute atomic E-state index is 0.0229. The van der Waals surface area contributed by atoms with Crippen molar-refractivity contribution in [1.29, 1.82) is 0 Å². The van der Waals surface area contributed by atoms with E-state index in [1.165, 1.54) is 0 Å². The van der Waals surface area contributed by atoms with Gasteiger partial charge in [0, 0.05) is 65.2 Å². The second-order valence-electron chi connectivity index (χ2n) is 17.4. The number of hydrogen-bond acceptors (Lipinski definition) is 12. The van der Waals surface area contributed by atoms with Crippen LogP contribution in [0.25, 0.3) is 0 Å². The molecule has 9 saturated heterocycles. The summed E-state index contributed by atoms with van der Waals surface area (Å²) < 4.78 is 59.5. The summed E-state index contributed by atoms with van der Waals surface area (Å²) in [6.07, 6.45) is 5.81. The fourth-order valence-electron chi connectivity index (χ4n) is 11.1. The van der Waals surface area contributed by atoms with Crippen molar-refractivity contribution in [2.75, 3.05) is 20.8 Å². The topological polar surface area (TPSA) is 146 Å². The molecule has 12 nitrogen and oxygen atoms in total. The SMILES string of the molecule is C=C1CC2CC[C@@]34C[C@H]5OC(C(O3)[C@@H]3CCCC(CC(=O)CC6[C@@H](OC)C(CC(O)CN)O[C@H]6CC6O[C@@H](CCC1O2)C[C@@H](C)C6=C)O3)[C@@H](OC)C5O4. The molecule has 11 bridgehead atoms. The lowest BCUT2D eigenvalue weighted by molar-refractivity contribution is -0.275. The van der Waals surface area contributed by atoms with E-state index in [1.807, 2.05) is 0 Å². The van der Waals surface area contributed by atoms with Crippen LogP contribution in [0.1, 0.15) is 96.8 Å². The van der Waals surface area contributed by atoms with Crippen LogP contribution in [-0.2, 0) is 47.4 Å². The number of rotatable bonds is 5. The summed E-state index contributed by atoms with van der Waals surface area (Å²) in [5, 5.41) is 10.5. The highest BCUT2D eigenvalue weighted by Gasteiger charge is 2.65. The van der Waals surface area contributed by atoms with Gasteiger partial charge in [-0.1, -0.05) is 20.1 Å². The van der Waals surface area contributed by atoms with Crippen LogP contribution in [0.2, 0.25) is 0 Å². The second kappa shape index (κ2) is 15.9. The minimum atomic E-state index is -0.807. The average Bonchev–Trinajstić information content (AvgIpc) is 3.80. The molecule has 0 aliphatic carbocycles. The Morgan fingerprint density at radius 1 is 0.811 bits per heavy atom. The average molecular weight is 746 g/mol. The van der Waals surface area contributed by atoms with E-state index in [1.54, 1.807) is 14.2 Å². The van der Waals surface area contributed by atoms with Crippen molar-refractivity contribution in [3.63, 3.8) is 0 Å². The maximum Gasteiger partial charge on any atom is 0.172 e. The smallest absolute Gasteiger partial charge is 0.172 e. The molecule has 3 N–H and O–H groups in total. The third-order valence-electron chi connectivity index (χ3n) is 13.9. The lowest BCUT2D eigenvalue weighted by atomic mass is 9.81. The lowest BCUT2D eigenvalue weighted by Gasteiger charge is -2.40. The Hall–Kier alpha value is -1.29. The highest BCUT2D eigenvalue weighted by Crippen LogP contribution is 2.52. The Bertz CT molecular complexity index is 1350. The first-order chi connectivity index (χ1) is 25.6. The van der Waals surface area contributed by atoms with E-state index in [4.69, 9.17) is 48.4 Å². The predicted molar refractivity (Wildman–Crippen MR) is 193 cm³/mol. The summed E-state index contributed by atoms with van der Waals surface area (Å²) in [6.45, 7) is 11.3. The summed E-state index contributed by atoms with van der Waals surface area (Å²) in [7, 11) is 3.38. The van der Waals surface area contributed by atoms with Gasteiger partial charge < -0.3 is 53.5 Å². The molecule has 18 atom stereocenters. The van der Waals surface area contributed by atoms with Gasteiger partial charge in [-0.3, -0.25) is 4.79 Å². The number of fused-ring (bicyclic) bond motifs is 7. The molecule has 0 aromatic rings. The van der Waals surface area contributed by atoms with Crippen molar-refractivity contribution >= 4 is 5.78 Å². The van der Waals surface area contributed by atoms with Crippen LogP contribution in [-0.4, -0.2) is 129 Å². The Kier molecular flexibility index (Phi) is 11.6. The van der Waals surface area contributed by atoms with Gasteiger partial charge in [0.2, 0.25) is 0 Å². The van der Waals surface area contributed by atoms with Gasteiger partial charge in [0.25, 0.3) is 0 Å². The standard InChI is InChI=1S/C41H63NO11/c1-21-13-27-9-10-30-22(2)14-28(47-30)11-12-41-19-35-38(53-41)39(46-5)40(51-35)37(52-41)31-8-6-7-26(48-31)15-24(43)16-29-33(18-32(49-27)23(21)3)50-34(36(29)45-4)17-25(44)20-42/h21,25-40,44H,2-3,6-20,42H2,1,4-5H3/t21-,25?,26?,27+,28?,29?,30?,31+,32?,33+,34?,35-,36-,37?,38?,39+,40?,41-/m1/s1. The van der Waals surface area contributed by atoms with Gasteiger partial charge in [0.05, 0.1) is 67.1 Å². The molecule has 0 aromatic heterocycles. The number of carbonyl (C=O) groups excluding carboxylic acids is 1. The fraction of sp³-hybridized carbons (Fsp3) is 0.878. The zero-order valence-corrected chi connectivity index (χ0v) is 31.9. The Morgan fingerprint density at radius 2 is 1.58 bits per heavy atom. The van der Waals surface area contributed by atoms with Crippen molar-refractivity contribution in [3.8, 4) is 0 Å². The third-order valence-corrected chi connectivity index (χ3v) is 13.9. The van der Waals surface area contributed by atoms with Crippen molar-refractivity contribution in [2.45, 2.75) is 194 Å². The largest absolute Gasteiger partial charge is 0.392 e. The molecule has 9 rings (SSSR count). The summed E-state index contributed by atoms with van der Waals surface area (Å²) in [4.78, 5) is 14.1. The second-order valence-corrected chi connectivity index (χ2v) is 17.4. The highest BCUT2D eigenvalue weighted by molar-refractivity contribution is 5.79. The van der Waals surface area contributed by atoms with Crippen LogP contribution in [0, 0.1) is 11.8 Å². The van der Waals surface area contributed by atoms with Gasteiger partial charge in [-0.2, -0.15) is 0 Å². The third kappa shape index (κ3) is 7.74. The monoisotopic (exact) mass is 745 g/mol. The van der Waals surface area contributed by atoms with Gasteiger partial charge >= 0.3 is 0 Å². The molecule has 10 unspecified atom stereocenters. The molecule has 0 radical (unpaired) electrons. The maximum absolute atomic E-state index is 14.1. The number of aliphatic hydroxyl groups is 1. The van der Waals surface area contributed by atoms with Gasteiger partial charge in [0.1, 0.15) is 30.2 Å². The molecule has 9 aliphatic heterocycles. The molecule has 1 spiro atoms. The van der Waals surface area contributed by atoms with Gasteiger partial charge in [-0.15, -0.1) is 0 Å². The summed E-state index contributed by atoms with van der Waals surface area (Å²) in [6, 6.07) is 0. The van der Waals surface area contributed by atoms with E-state index in [9.17, 15) is 9.90 Å². The molecule has 0 aromatic carbocycles. The number of ether oxygens (including phenoxy) is 9. The van der Waals surface area contributed by atoms with Crippen LogP contribution in [0.4, 0.5) is 0 Å². The van der Waals surface area contributed by atoms with Crippen molar-refractivity contribution in [1.82, 2.24) is 0 Å². The van der Waals surface area contributed by atoms with Crippen LogP contribution in [0.15, 0.2) is 24.3 Å². The molecule has 9 fully saturated rings. The quantitative estimate of drug-likeness (QED) is 0.391. The number of Topliss-reactive ketones (excluding diaryl/α,β-unsaturated/α-hetero) is 1. The van der Waals surface area contributed by atoms with Crippen LogP contribution >= 0.6 is 0 Å². The first kappa shape index (κ1) is 38.6.